The lowest BCUT2D eigenvalue weighted by Gasteiger charge is -2.09. The van der Waals surface area contributed by atoms with E-state index in [4.69, 9.17) is 19.7 Å². The molecule has 102 valence electrons. The van der Waals surface area contributed by atoms with E-state index < -0.39 is 0 Å². The van der Waals surface area contributed by atoms with E-state index >= 15 is 0 Å². The van der Waals surface area contributed by atoms with Gasteiger partial charge in [0.15, 0.2) is 17.3 Å². The number of benzene rings is 1. The van der Waals surface area contributed by atoms with Gasteiger partial charge in [0.2, 0.25) is 0 Å². The largest absolute Gasteiger partial charge is 0.493 e. The molecule has 2 rings (SSSR count). The Bertz CT molecular complexity index is 564. The van der Waals surface area contributed by atoms with Crippen molar-refractivity contribution in [1.29, 1.82) is 0 Å². The molecule has 0 bridgehead atoms. The van der Waals surface area contributed by atoms with Crippen LogP contribution in [0.3, 0.4) is 0 Å². The Morgan fingerprint density at radius 1 is 1.21 bits per heavy atom. The number of methoxy groups -OCH3 is 2. The van der Waals surface area contributed by atoms with Crippen molar-refractivity contribution in [3.05, 3.63) is 24.0 Å². The zero-order chi connectivity index (χ0) is 13.8. The van der Waals surface area contributed by atoms with Crippen LogP contribution in [0.25, 0.3) is 11.1 Å². The number of aryl methyl sites for hydroxylation is 1. The summed E-state index contributed by atoms with van der Waals surface area (Å²) in [5, 5.41) is 3.84. The molecule has 0 fully saturated rings. The van der Waals surface area contributed by atoms with Crippen LogP contribution in [0, 0.1) is 0 Å². The minimum atomic E-state index is 0.399. The van der Waals surface area contributed by atoms with E-state index in [1.807, 2.05) is 18.2 Å². The Morgan fingerprint density at radius 2 is 1.95 bits per heavy atom. The molecule has 0 radical (unpaired) electrons. The van der Waals surface area contributed by atoms with Gasteiger partial charge in [0.25, 0.3) is 0 Å². The van der Waals surface area contributed by atoms with Crippen molar-refractivity contribution in [2.24, 2.45) is 0 Å². The highest BCUT2D eigenvalue weighted by Crippen LogP contribution is 2.36. The molecular weight excluding hydrogens is 244 g/mol. The van der Waals surface area contributed by atoms with Crippen molar-refractivity contribution in [2.45, 2.75) is 19.8 Å². The van der Waals surface area contributed by atoms with Gasteiger partial charge in [-0.25, -0.2) is 0 Å². The molecule has 1 heterocycles. The second-order valence-corrected chi connectivity index (χ2v) is 4.19. The molecule has 0 spiro atoms. The van der Waals surface area contributed by atoms with Gasteiger partial charge in [0.05, 0.1) is 19.8 Å². The van der Waals surface area contributed by atoms with Gasteiger partial charge >= 0.3 is 0 Å². The molecule has 2 aromatic rings. The number of anilines is 1. The van der Waals surface area contributed by atoms with Crippen LogP contribution in [0.1, 0.15) is 19.1 Å². The van der Waals surface area contributed by atoms with Crippen LogP contribution in [0.15, 0.2) is 22.7 Å². The fraction of sp³-hybridized carbons (Fsp3) is 0.357. The average Bonchev–Trinajstić information content (AvgIpc) is 2.79. The van der Waals surface area contributed by atoms with Crippen LogP contribution < -0.4 is 15.2 Å². The molecule has 0 atom stereocenters. The number of hydrogen-bond acceptors (Lipinski definition) is 5. The van der Waals surface area contributed by atoms with E-state index in [9.17, 15) is 0 Å². The third-order valence-electron chi connectivity index (χ3n) is 2.94. The van der Waals surface area contributed by atoms with E-state index in [1.165, 1.54) is 0 Å². The van der Waals surface area contributed by atoms with Crippen LogP contribution in [-0.2, 0) is 6.42 Å². The molecular formula is C14H18N2O3. The van der Waals surface area contributed by atoms with E-state index in [2.05, 4.69) is 12.1 Å². The first-order chi connectivity index (χ1) is 9.21. The third-order valence-corrected chi connectivity index (χ3v) is 2.94. The van der Waals surface area contributed by atoms with Crippen molar-refractivity contribution in [1.82, 2.24) is 5.16 Å². The summed E-state index contributed by atoms with van der Waals surface area (Å²) in [4.78, 5) is 0. The van der Waals surface area contributed by atoms with Gasteiger partial charge in [0, 0.05) is 6.42 Å². The highest BCUT2D eigenvalue weighted by Gasteiger charge is 2.17. The van der Waals surface area contributed by atoms with E-state index in [-0.39, 0.29) is 0 Å². The molecule has 0 unspecified atom stereocenters. The summed E-state index contributed by atoms with van der Waals surface area (Å²) in [6.45, 7) is 2.08. The lowest BCUT2D eigenvalue weighted by molar-refractivity contribution is 0.355. The molecule has 5 nitrogen and oxygen atoms in total. The van der Waals surface area contributed by atoms with Crippen LogP contribution in [0.5, 0.6) is 11.5 Å². The standard InChI is InChI=1S/C14H18N2O3/c1-4-5-11-13(14(15)16-19-11)9-6-7-10(17-2)12(8-9)18-3/h6-8H,4-5H2,1-3H3,(H2,15,16). The minimum absolute atomic E-state index is 0.399. The number of aromatic nitrogens is 1. The van der Waals surface area contributed by atoms with E-state index in [0.717, 1.165) is 29.7 Å². The maximum Gasteiger partial charge on any atom is 0.175 e. The zero-order valence-electron chi connectivity index (χ0n) is 11.4. The fourth-order valence-electron chi connectivity index (χ4n) is 2.04. The molecule has 1 aromatic carbocycles. The Hall–Kier alpha value is -2.17. The van der Waals surface area contributed by atoms with E-state index in [1.54, 1.807) is 14.2 Å². The molecule has 19 heavy (non-hydrogen) atoms. The molecule has 0 aliphatic rings. The summed E-state index contributed by atoms with van der Waals surface area (Å²) in [6, 6.07) is 5.64. The van der Waals surface area contributed by atoms with Gasteiger partial charge in [-0.3, -0.25) is 0 Å². The molecule has 1 aromatic heterocycles. The van der Waals surface area contributed by atoms with Crippen LogP contribution in [0.2, 0.25) is 0 Å². The first kappa shape index (κ1) is 13.3. The lowest BCUT2D eigenvalue weighted by atomic mass is 10.0. The second-order valence-electron chi connectivity index (χ2n) is 4.19. The summed E-state index contributed by atoms with van der Waals surface area (Å²) in [6.07, 6.45) is 1.77. The molecule has 0 aliphatic carbocycles. The third kappa shape index (κ3) is 2.50. The number of hydrogen-bond donors (Lipinski definition) is 1. The summed E-state index contributed by atoms with van der Waals surface area (Å²) in [7, 11) is 3.21. The Labute approximate surface area is 112 Å². The monoisotopic (exact) mass is 262 g/mol. The molecule has 0 amide bonds. The minimum Gasteiger partial charge on any atom is -0.493 e. The number of nitrogen functional groups attached to an aromatic ring is 1. The predicted octanol–water partition coefficient (Wildman–Crippen LogP) is 2.89. The summed E-state index contributed by atoms with van der Waals surface area (Å²) >= 11 is 0. The highest BCUT2D eigenvalue weighted by atomic mass is 16.5. The lowest BCUT2D eigenvalue weighted by Crippen LogP contribution is -1.94. The summed E-state index contributed by atoms with van der Waals surface area (Å²) < 4.78 is 15.8. The Kier molecular flexibility index (Phi) is 3.94. The first-order valence-electron chi connectivity index (χ1n) is 6.17. The van der Waals surface area contributed by atoms with Gasteiger partial charge < -0.3 is 19.7 Å². The highest BCUT2D eigenvalue weighted by molar-refractivity contribution is 5.77. The smallest absolute Gasteiger partial charge is 0.175 e. The zero-order valence-corrected chi connectivity index (χ0v) is 11.4. The van der Waals surface area contributed by atoms with Crippen LogP contribution >= 0.6 is 0 Å². The summed E-state index contributed by atoms with van der Waals surface area (Å²) in [5.74, 6) is 2.53. The van der Waals surface area contributed by atoms with Crippen molar-refractivity contribution >= 4 is 5.82 Å². The fourth-order valence-corrected chi connectivity index (χ4v) is 2.04. The number of ether oxygens (including phenoxy) is 2. The molecule has 0 saturated heterocycles. The second kappa shape index (κ2) is 5.65. The van der Waals surface area contributed by atoms with Crippen molar-refractivity contribution in [3.63, 3.8) is 0 Å². The summed E-state index contributed by atoms with van der Waals surface area (Å²) in [5.41, 5.74) is 7.64. The van der Waals surface area contributed by atoms with Crippen LogP contribution in [0.4, 0.5) is 5.82 Å². The predicted molar refractivity (Wildman–Crippen MR) is 73.5 cm³/mol. The normalized spacial score (nSPS) is 10.5. The van der Waals surface area contributed by atoms with Gasteiger partial charge in [-0.05, 0) is 24.1 Å². The molecule has 5 heteroatoms. The van der Waals surface area contributed by atoms with Gasteiger partial charge in [0.1, 0.15) is 5.76 Å². The van der Waals surface area contributed by atoms with Gasteiger partial charge in [-0.1, -0.05) is 18.1 Å². The quantitative estimate of drug-likeness (QED) is 0.897. The van der Waals surface area contributed by atoms with Gasteiger partial charge in [-0.15, -0.1) is 0 Å². The van der Waals surface area contributed by atoms with Crippen molar-refractivity contribution in [2.75, 3.05) is 20.0 Å². The SMILES string of the molecule is CCCc1onc(N)c1-c1ccc(OC)c(OC)c1. The molecule has 0 saturated carbocycles. The topological polar surface area (TPSA) is 70.5 Å². The first-order valence-corrected chi connectivity index (χ1v) is 6.17. The number of nitrogens with two attached hydrogens (primary N) is 1. The average molecular weight is 262 g/mol. The van der Waals surface area contributed by atoms with Crippen molar-refractivity contribution < 1.29 is 14.0 Å². The maximum atomic E-state index is 5.89. The molecule has 2 N–H and O–H groups in total. The maximum absolute atomic E-state index is 5.89. The van der Waals surface area contributed by atoms with Crippen LogP contribution in [-0.4, -0.2) is 19.4 Å². The Morgan fingerprint density at radius 3 is 2.58 bits per heavy atom. The van der Waals surface area contributed by atoms with Gasteiger partial charge in [-0.2, -0.15) is 0 Å². The molecule has 0 aliphatic heterocycles. The number of nitrogens with zero attached hydrogens (tertiary/aromatic N) is 1. The number of rotatable bonds is 5. The van der Waals surface area contributed by atoms with Crippen molar-refractivity contribution in [3.8, 4) is 22.6 Å². The van der Waals surface area contributed by atoms with E-state index in [0.29, 0.717) is 17.3 Å². The Balaban J connectivity index is 2.49.